The average Bonchev–Trinajstić information content (AvgIpc) is 2.83. The number of nitrogens with two attached hydrogens (primary N) is 1. The van der Waals surface area contributed by atoms with E-state index >= 15 is 0 Å². The fourth-order valence-electron chi connectivity index (χ4n) is 1.28. The minimum Gasteiger partial charge on any atom is -0.454 e. The van der Waals surface area contributed by atoms with Crippen LogP contribution in [0.25, 0.3) is 0 Å². The molecule has 0 amide bonds. The molecule has 0 aliphatic rings. The zero-order chi connectivity index (χ0) is 12.4. The van der Waals surface area contributed by atoms with Crippen LogP contribution in [0.3, 0.4) is 0 Å². The van der Waals surface area contributed by atoms with Gasteiger partial charge in [0.2, 0.25) is 0 Å². The van der Waals surface area contributed by atoms with Gasteiger partial charge in [-0.1, -0.05) is 0 Å². The second-order valence-corrected chi connectivity index (χ2v) is 5.73. The third-order valence-electron chi connectivity index (χ3n) is 2.28. The molecule has 2 heterocycles. The number of rotatable bonds is 3. The molecule has 0 unspecified atom stereocenters. The minimum absolute atomic E-state index is 0.204. The highest BCUT2D eigenvalue weighted by molar-refractivity contribution is 7.12. The van der Waals surface area contributed by atoms with E-state index in [-0.39, 0.29) is 12.6 Å². The molecule has 2 N–H and O–H groups in total. The van der Waals surface area contributed by atoms with Crippen LogP contribution in [-0.2, 0) is 11.3 Å². The summed E-state index contributed by atoms with van der Waals surface area (Å²) in [6.07, 6.45) is 0. The summed E-state index contributed by atoms with van der Waals surface area (Å²) in [4.78, 5) is 17.6. The maximum Gasteiger partial charge on any atom is 0.350 e. The molecule has 6 heteroatoms. The highest BCUT2D eigenvalue weighted by Crippen LogP contribution is 2.21. The lowest BCUT2D eigenvalue weighted by Gasteiger charge is -2.01. The van der Waals surface area contributed by atoms with Gasteiger partial charge in [-0.2, -0.15) is 0 Å². The molecule has 0 aromatic carbocycles. The first-order valence-corrected chi connectivity index (χ1v) is 6.70. The summed E-state index contributed by atoms with van der Waals surface area (Å²) in [6, 6.07) is 1.69. The summed E-state index contributed by atoms with van der Waals surface area (Å²) in [5.41, 5.74) is 7.08. The summed E-state index contributed by atoms with van der Waals surface area (Å²) in [7, 11) is 0. The van der Waals surface area contributed by atoms with E-state index in [9.17, 15) is 4.79 Å². The molecular formula is C11H12N2O2S2. The largest absolute Gasteiger partial charge is 0.454 e. The van der Waals surface area contributed by atoms with Crippen LogP contribution in [0.15, 0.2) is 11.4 Å². The van der Waals surface area contributed by atoms with Gasteiger partial charge in [0.15, 0.2) is 0 Å². The first kappa shape index (κ1) is 12.1. The average molecular weight is 268 g/mol. The van der Waals surface area contributed by atoms with E-state index in [0.717, 1.165) is 15.6 Å². The Kier molecular flexibility index (Phi) is 3.44. The van der Waals surface area contributed by atoms with E-state index in [1.807, 2.05) is 13.8 Å². The quantitative estimate of drug-likeness (QED) is 0.869. The number of thiazole rings is 1. The maximum absolute atomic E-state index is 11.7. The number of aromatic nitrogens is 1. The fourth-order valence-corrected chi connectivity index (χ4v) is 2.84. The number of nitrogen functional groups attached to an aromatic ring is 1. The summed E-state index contributed by atoms with van der Waals surface area (Å²) in [5, 5.41) is 2.58. The SMILES string of the molecule is Cc1nc(COC(=O)c2sccc2N)sc1C. The van der Waals surface area contributed by atoms with Crippen molar-refractivity contribution in [1.82, 2.24) is 4.98 Å². The van der Waals surface area contributed by atoms with E-state index in [1.54, 1.807) is 22.8 Å². The second kappa shape index (κ2) is 4.85. The summed E-state index contributed by atoms with van der Waals surface area (Å²) < 4.78 is 5.16. The molecular weight excluding hydrogens is 256 g/mol. The fraction of sp³-hybridized carbons (Fsp3) is 0.273. The first-order valence-electron chi connectivity index (χ1n) is 5.01. The first-order chi connectivity index (χ1) is 8.08. The number of aryl methyl sites for hydroxylation is 2. The lowest BCUT2D eigenvalue weighted by atomic mass is 10.4. The number of nitrogens with zero attached hydrogens (tertiary/aromatic N) is 1. The van der Waals surface area contributed by atoms with Crippen molar-refractivity contribution in [2.45, 2.75) is 20.5 Å². The van der Waals surface area contributed by atoms with Crippen LogP contribution in [0.4, 0.5) is 5.69 Å². The van der Waals surface area contributed by atoms with E-state index in [2.05, 4.69) is 4.98 Å². The Morgan fingerprint density at radius 3 is 2.82 bits per heavy atom. The molecule has 2 aromatic rings. The van der Waals surface area contributed by atoms with Gasteiger partial charge in [0.25, 0.3) is 0 Å². The van der Waals surface area contributed by atoms with Gasteiger partial charge in [-0.25, -0.2) is 9.78 Å². The van der Waals surface area contributed by atoms with Gasteiger partial charge in [-0.3, -0.25) is 0 Å². The van der Waals surface area contributed by atoms with Crippen molar-refractivity contribution in [1.29, 1.82) is 0 Å². The van der Waals surface area contributed by atoms with Crippen LogP contribution in [0.5, 0.6) is 0 Å². The molecule has 0 fully saturated rings. The van der Waals surface area contributed by atoms with Crippen LogP contribution in [0.2, 0.25) is 0 Å². The molecule has 2 aromatic heterocycles. The number of hydrogen-bond acceptors (Lipinski definition) is 6. The predicted molar refractivity (Wildman–Crippen MR) is 69.4 cm³/mol. The number of anilines is 1. The van der Waals surface area contributed by atoms with Gasteiger partial charge in [0.1, 0.15) is 16.5 Å². The highest BCUT2D eigenvalue weighted by Gasteiger charge is 2.14. The lowest BCUT2D eigenvalue weighted by molar-refractivity contribution is 0.0479. The second-order valence-electron chi connectivity index (χ2n) is 3.53. The predicted octanol–water partition coefficient (Wildman–Crippen LogP) is 2.76. The molecule has 0 aliphatic heterocycles. The van der Waals surface area contributed by atoms with Gasteiger partial charge in [-0.15, -0.1) is 22.7 Å². The number of thiophene rings is 1. The molecule has 0 saturated carbocycles. The van der Waals surface area contributed by atoms with Crippen LogP contribution < -0.4 is 5.73 Å². The van der Waals surface area contributed by atoms with Crippen molar-refractivity contribution in [3.63, 3.8) is 0 Å². The van der Waals surface area contributed by atoms with Crippen molar-refractivity contribution in [2.24, 2.45) is 0 Å². The van der Waals surface area contributed by atoms with E-state index in [0.29, 0.717) is 10.6 Å². The monoisotopic (exact) mass is 268 g/mol. The Labute approximate surface area is 107 Å². The van der Waals surface area contributed by atoms with Crippen molar-refractivity contribution in [2.75, 3.05) is 5.73 Å². The maximum atomic E-state index is 11.7. The molecule has 0 saturated heterocycles. The number of carbonyl (C=O) groups excluding carboxylic acids is 1. The van der Waals surface area contributed by atoms with Crippen LogP contribution >= 0.6 is 22.7 Å². The number of esters is 1. The van der Waals surface area contributed by atoms with Gasteiger partial charge in [0, 0.05) is 4.88 Å². The third-order valence-corrected chi connectivity index (χ3v) is 4.24. The lowest BCUT2D eigenvalue weighted by Crippen LogP contribution is -2.05. The molecule has 0 radical (unpaired) electrons. The van der Waals surface area contributed by atoms with Gasteiger partial charge in [0.05, 0.1) is 11.4 Å². The smallest absolute Gasteiger partial charge is 0.350 e. The summed E-state index contributed by atoms with van der Waals surface area (Å²) >= 11 is 2.83. The molecule has 2 rings (SSSR count). The van der Waals surface area contributed by atoms with Crippen molar-refractivity contribution in [3.8, 4) is 0 Å². The molecule has 17 heavy (non-hydrogen) atoms. The topological polar surface area (TPSA) is 65.2 Å². The third kappa shape index (κ3) is 2.65. The normalized spacial score (nSPS) is 10.5. The molecule has 90 valence electrons. The Morgan fingerprint density at radius 2 is 2.29 bits per heavy atom. The molecule has 4 nitrogen and oxygen atoms in total. The van der Waals surface area contributed by atoms with Gasteiger partial charge >= 0.3 is 5.97 Å². The Hall–Kier alpha value is -1.40. The number of carbonyl (C=O) groups is 1. The Balaban J connectivity index is 1.99. The van der Waals surface area contributed by atoms with Crippen molar-refractivity contribution in [3.05, 3.63) is 31.9 Å². The molecule has 0 aliphatic carbocycles. The van der Waals surface area contributed by atoms with E-state index in [1.165, 1.54) is 11.3 Å². The van der Waals surface area contributed by atoms with E-state index in [4.69, 9.17) is 10.5 Å². The van der Waals surface area contributed by atoms with Gasteiger partial charge in [-0.05, 0) is 25.3 Å². The Morgan fingerprint density at radius 1 is 1.53 bits per heavy atom. The summed E-state index contributed by atoms with van der Waals surface area (Å²) in [5.74, 6) is -0.386. The highest BCUT2D eigenvalue weighted by atomic mass is 32.1. The van der Waals surface area contributed by atoms with Crippen LogP contribution in [0, 0.1) is 13.8 Å². The molecule has 0 spiro atoms. The number of hydrogen-bond donors (Lipinski definition) is 1. The number of ether oxygens (including phenoxy) is 1. The van der Waals surface area contributed by atoms with Crippen molar-refractivity contribution < 1.29 is 9.53 Å². The van der Waals surface area contributed by atoms with Crippen molar-refractivity contribution >= 4 is 34.3 Å². The minimum atomic E-state index is -0.386. The Bertz CT molecular complexity index is 526. The molecule has 0 bridgehead atoms. The zero-order valence-electron chi connectivity index (χ0n) is 9.52. The zero-order valence-corrected chi connectivity index (χ0v) is 11.2. The standard InChI is InChI=1S/C11H12N2O2S2/c1-6-7(2)17-9(13-6)5-15-11(14)10-8(12)3-4-16-10/h3-4H,5,12H2,1-2H3. The van der Waals surface area contributed by atoms with E-state index < -0.39 is 0 Å². The van der Waals surface area contributed by atoms with Crippen LogP contribution in [-0.4, -0.2) is 11.0 Å². The van der Waals surface area contributed by atoms with Gasteiger partial charge < -0.3 is 10.5 Å². The van der Waals surface area contributed by atoms with Crippen LogP contribution in [0.1, 0.15) is 25.3 Å². The summed E-state index contributed by atoms with van der Waals surface area (Å²) in [6.45, 7) is 4.14. The molecule has 0 atom stereocenters.